The lowest BCUT2D eigenvalue weighted by atomic mass is 10.3. The van der Waals surface area contributed by atoms with E-state index in [2.05, 4.69) is 10.3 Å². The number of rotatable bonds is 7. The van der Waals surface area contributed by atoms with Crippen molar-refractivity contribution in [2.24, 2.45) is 0 Å². The van der Waals surface area contributed by atoms with Crippen molar-refractivity contribution < 1.29 is 14.3 Å². The van der Waals surface area contributed by atoms with E-state index < -0.39 is 5.97 Å². The molecule has 26 heavy (non-hydrogen) atoms. The van der Waals surface area contributed by atoms with Crippen LogP contribution in [0.1, 0.15) is 5.69 Å². The average molecular weight is 405 g/mol. The molecule has 0 unspecified atom stereocenters. The Morgan fingerprint density at radius 1 is 1.23 bits per heavy atom. The molecule has 1 amide bonds. The summed E-state index contributed by atoms with van der Waals surface area (Å²) in [7, 11) is 0. The topological polar surface area (TPSA) is 68.3 Å². The van der Waals surface area contributed by atoms with Gasteiger partial charge < -0.3 is 10.1 Å². The Morgan fingerprint density at radius 2 is 2.08 bits per heavy atom. The smallest absolute Gasteiger partial charge is 0.312 e. The molecule has 0 atom stereocenters. The summed E-state index contributed by atoms with van der Waals surface area (Å²) in [6.07, 6.45) is 1.98. The zero-order valence-electron chi connectivity index (χ0n) is 13.9. The van der Waals surface area contributed by atoms with Gasteiger partial charge in [-0.25, -0.2) is 4.98 Å². The third kappa shape index (κ3) is 4.94. The van der Waals surface area contributed by atoms with Crippen LogP contribution in [0.5, 0.6) is 0 Å². The summed E-state index contributed by atoms with van der Waals surface area (Å²) in [5.74, 6) is -0.836. The summed E-state index contributed by atoms with van der Waals surface area (Å²) in [6, 6.07) is 9.46. The fourth-order valence-corrected chi connectivity index (χ4v) is 4.27. The predicted octanol–water partition coefficient (Wildman–Crippen LogP) is 4.32. The standard InChI is InChI=1S/C18H16N2O3S3/c1-24-15-5-3-2-4-14(15)20-16(21)9-23-17(22)8-13-11-26-18(19-13)12-6-7-25-10-12/h2-7,10-11H,8-9H2,1H3,(H,20,21). The Labute approximate surface area is 163 Å². The van der Waals surface area contributed by atoms with Gasteiger partial charge in [0.25, 0.3) is 5.91 Å². The van der Waals surface area contributed by atoms with Crippen LogP contribution in [0, 0.1) is 0 Å². The van der Waals surface area contributed by atoms with Gasteiger partial charge in [-0.2, -0.15) is 11.3 Å². The molecule has 0 aliphatic heterocycles. The maximum Gasteiger partial charge on any atom is 0.312 e. The highest BCUT2D eigenvalue weighted by Gasteiger charge is 2.13. The highest BCUT2D eigenvalue weighted by molar-refractivity contribution is 7.98. The van der Waals surface area contributed by atoms with Crippen LogP contribution >= 0.6 is 34.4 Å². The van der Waals surface area contributed by atoms with Gasteiger partial charge in [0.05, 0.1) is 17.8 Å². The van der Waals surface area contributed by atoms with Crippen molar-refractivity contribution in [2.75, 3.05) is 18.2 Å². The van der Waals surface area contributed by atoms with E-state index in [9.17, 15) is 9.59 Å². The fourth-order valence-electron chi connectivity index (χ4n) is 2.19. The van der Waals surface area contributed by atoms with Crippen LogP contribution < -0.4 is 5.32 Å². The molecule has 2 heterocycles. The molecule has 0 saturated carbocycles. The lowest BCUT2D eigenvalue weighted by Crippen LogP contribution is -2.22. The number of carbonyl (C=O) groups is 2. The number of hydrogen-bond donors (Lipinski definition) is 1. The van der Waals surface area contributed by atoms with E-state index in [4.69, 9.17) is 4.74 Å². The third-order valence-electron chi connectivity index (χ3n) is 3.39. The average Bonchev–Trinajstić information content (AvgIpc) is 3.32. The second-order valence-corrected chi connectivity index (χ2v) is 7.73. The first-order valence-corrected chi connectivity index (χ1v) is 10.8. The largest absolute Gasteiger partial charge is 0.455 e. The summed E-state index contributed by atoms with van der Waals surface area (Å²) in [4.78, 5) is 29.3. The summed E-state index contributed by atoms with van der Waals surface area (Å²) in [5.41, 5.74) is 2.40. The van der Waals surface area contributed by atoms with Gasteiger partial charge >= 0.3 is 5.97 Å². The minimum atomic E-state index is -0.472. The number of thioether (sulfide) groups is 1. The number of thiazole rings is 1. The number of esters is 1. The lowest BCUT2D eigenvalue weighted by molar-refractivity contribution is -0.146. The van der Waals surface area contributed by atoms with Crippen LogP contribution in [0.2, 0.25) is 0 Å². The first-order valence-electron chi connectivity index (χ1n) is 7.71. The van der Waals surface area contributed by atoms with Crippen molar-refractivity contribution in [2.45, 2.75) is 11.3 Å². The monoisotopic (exact) mass is 404 g/mol. The van der Waals surface area contributed by atoms with Gasteiger partial charge in [0.2, 0.25) is 0 Å². The second kappa shape index (κ2) is 8.98. The Bertz CT molecular complexity index is 891. The number of para-hydroxylation sites is 1. The number of nitrogens with one attached hydrogen (secondary N) is 1. The van der Waals surface area contributed by atoms with Gasteiger partial charge in [-0.3, -0.25) is 9.59 Å². The van der Waals surface area contributed by atoms with E-state index in [1.807, 2.05) is 52.7 Å². The fraction of sp³-hybridized carbons (Fsp3) is 0.167. The lowest BCUT2D eigenvalue weighted by Gasteiger charge is -2.09. The van der Waals surface area contributed by atoms with Crippen LogP contribution in [0.25, 0.3) is 10.6 Å². The van der Waals surface area contributed by atoms with Gasteiger partial charge in [0, 0.05) is 21.2 Å². The number of amides is 1. The van der Waals surface area contributed by atoms with Crippen molar-refractivity contribution in [1.82, 2.24) is 4.98 Å². The van der Waals surface area contributed by atoms with E-state index in [0.29, 0.717) is 11.4 Å². The van der Waals surface area contributed by atoms with Gasteiger partial charge in [-0.15, -0.1) is 23.1 Å². The van der Waals surface area contributed by atoms with Crippen molar-refractivity contribution >= 4 is 52.0 Å². The molecule has 1 N–H and O–H groups in total. The number of aromatic nitrogens is 1. The normalized spacial score (nSPS) is 10.5. The second-order valence-electron chi connectivity index (χ2n) is 5.24. The minimum absolute atomic E-state index is 0.0509. The quantitative estimate of drug-likeness (QED) is 0.469. The van der Waals surface area contributed by atoms with Gasteiger partial charge in [-0.05, 0) is 29.8 Å². The van der Waals surface area contributed by atoms with Crippen LogP contribution in [0.4, 0.5) is 5.69 Å². The predicted molar refractivity (Wildman–Crippen MR) is 107 cm³/mol. The maximum absolute atomic E-state index is 12.0. The van der Waals surface area contributed by atoms with Gasteiger partial charge in [0.15, 0.2) is 6.61 Å². The van der Waals surface area contributed by atoms with Crippen LogP contribution in [0.15, 0.2) is 51.4 Å². The molecule has 0 aliphatic carbocycles. The highest BCUT2D eigenvalue weighted by Crippen LogP contribution is 2.26. The SMILES string of the molecule is CSc1ccccc1NC(=O)COC(=O)Cc1csc(-c2ccsc2)n1. The summed E-state index contributed by atoms with van der Waals surface area (Å²) < 4.78 is 5.06. The minimum Gasteiger partial charge on any atom is -0.455 e. The molecule has 0 aliphatic rings. The molecule has 8 heteroatoms. The number of benzene rings is 1. The maximum atomic E-state index is 12.0. The van der Waals surface area contributed by atoms with Crippen molar-refractivity contribution in [3.63, 3.8) is 0 Å². The summed E-state index contributed by atoms with van der Waals surface area (Å²) in [6.45, 7) is -0.316. The number of hydrogen-bond acceptors (Lipinski definition) is 7. The first-order chi connectivity index (χ1) is 12.7. The molecule has 0 radical (unpaired) electrons. The summed E-state index contributed by atoms with van der Waals surface area (Å²) >= 11 is 4.62. The van der Waals surface area contributed by atoms with Crippen LogP contribution in [0.3, 0.4) is 0 Å². The molecule has 0 spiro atoms. The van der Waals surface area contributed by atoms with E-state index in [1.165, 1.54) is 23.1 Å². The van der Waals surface area contributed by atoms with E-state index in [0.717, 1.165) is 15.5 Å². The Balaban J connectivity index is 1.49. The van der Waals surface area contributed by atoms with E-state index >= 15 is 0 Å². The number of anilines is 1. The zero-order chi connectivity index (χ0) is 18.4. The van der Waals surface area contributed by atoms with Crippen molar-refractivity contribution in [3.8, 4) is 10.6 Å². The van der Waals surface area contributed by atoms with Crippen molar-refractivity contribution in [3.05, 3.63) is 52.2 Å². The molecule has 0 saturated heterocycles. The molecule has 3 aromatic rings. The van der Waals surface area contributed by atoms with E-state index in [-0.39, 0.29) is 18.9 Å². The van der Waals surface area contributed by atoms with Crippen LogP contribution in [-0.2, 0) is 20.7 Å². The number of nitrogens with zero attached hydrogens (tertiary/aromatic N) is 1. The van der Waals surface area contributed by atoms with E-state index in [1.54, 1.807) is 11.3 Å². The zero-order valence-corrected chi connectivity index (χ0v) is 16.4. The Hall–Kier alpha value is -2.16. The highest BCUT2D eigenvalue weighted by atomic mass is 32.2. The number of thiophene rings is 1. The first kappa shape index (κ1) is 18.6. The molecule has 0 fully saturated rings. The molecule has 3 rings (SSSR count). The number of carbonyl (C=O) groups excluding carboxylic acids is 2. The van der Waals surface area contributed by atoms with Crippen LogP contribution in [-0.4, -0.2) is 29.7 Å². The molecule has 0 bridgehead atoms. The molecular formula is C18H16N2O3S3. The summed E-state index contributed by atoms with van der Waals surface area (Å²) in [5, 5.41) is 9.46. The number of ether oxygens (including phenoxy) is 1. The Kier molecular flexibility index (Phi) is 6.43. The molecule has 134 valence electrons. The molecule has 2 aromatic heterocycles. The third-order valence-corrected chi connectivity index (χ3v) is 5.81. The van der Waals surface area contributed by atoms with Crippen molar-refractivity contribution in [1.29, 1.82) is 0 Å². The molecule has 1 aromatic carbocycles. The van der Waals surface area contributed by atoms with Gasteiger partial charge in [0.1, 0.15) is 5.01 Å². The molecular weight excluding hydrogens is 388 g/mol. The van der Waals surface area contributed by atoms with Gasteiger partial charge in [-0.1, -0.05) is 12.1 Å². The molecule has 5 nitrogen and oxygen atoms in total. The Morgan fingerprint density at radius 3 is 2.85 bits per heavy atom.